The van der Waals surface area contributed by atoms with Gasteiger partial charge in [0.25, 0.3) is 0 Å². The number of nitrogens with two attached hydrogens (primary N) is 1. The van der Waals surface area contributed by atoms with Crippen molar-refractivity contribution in [2.75, 3.05) is 17.7 Å². The van der Waals surface area contributed by atoms with Gasteiger partial charge in [-0.1, -0.05) is 31.2 Å². The number of ether oxygens (including phenoxy) is 1. The quantitative estimate of drug-likeness (QED) is 0.648. The van der Waals surface area contributed by atoms with E-state index >= 15 is 0 Å². The lowest BCUT2D eigenvalue weighted by molar-refractivity contribution is 0.0527. The van der Waals surface area contributed by atoms with Gasteiger partial charge in [-0.25, -0.2) is 4.79 Å². The van der Waals surface area contributed by atoms with Crippen molar-refractivity contribution in [3.63, 3.8) is 0 Å². The van der Waals surface area contributed by atoms with Crippen LogP contribution >= 0.6 is 0 Å². The molecule has 3 N–H and O–H groups in total. The Bertz CT molecular complexity index is 638. The lowest BCUT2D eigenvalue weighted by Gasteiger charge is -2.16. The Kier molecular flexibility index (Phi) is 4.82. The van der Waals surface area contributed by atoms with E-state index in [9.17, 15) is 4.79 Å². The predicted octanol–water partition coefficient (Wildman–Crippen LogP) is 3.75. The van der Waals surface area contributed by atoms with Crippen molar-refractivity contribution in [3.05, 3.63) is 53.6 Å². The maximum absolute atomic E-state index is 12.0. The number of nitrogen functional groups attached to an aromatic ring is 1. The molecule has 4 heteroatoms. The van der Waals surface area contributed by atoms with Crippen LogP contribution < -0.4 is 11.1 Å². The molecular formula is C17H20N2O2. The third-order valence-electron chi connectivity index (χ3n) is 3.25. The summed E-state index contributed by atoms with van der Waals surface area (Å²) in [5, 5.41) is 3.27. The first-order valence-electron chi connectivity index (χ1n) is 7.07. The van der Waals surface area contributed by atoms with Crippen LogP contribution in [0.2, 0.25) is 0 Å². The number of carbonyl (C=O) groups is 1. The highest BCUT2D eigenvalue weighted by atomic mass is 16.5. The summed E-state index contributed by atoms with van der Waals surface area (Å²) >= 11 is 0. The van der Waals surface area contributed by atoms with E-state index in [1.54, 1.807) is 25.1 Å². The molecule has 2 aromatic carbocycles. The number of esters is 1. The summed E-state index contributed by atoms with van der Waals surface area (Å²) < 4.78 is 5.08. The van der Waals surface area contributed by atoms with Crippen molar-refractivity contribution in [3.8, 4) is 0 Å². The minimum Gasteiger partial charge on any atom is -0.462 e. The molecule has 0 heterocycles. The van der Waals surface area contributed by atoms with Crippen LogP contribution in [-0.4, -0.2) is 12.6 Å². The molecule has 4 nitrogen and oxygen atoms in total. The number of aryl methyl sites for hydroxylation is 1. The van der Waals surface area contributed by atoms with E-state index in [-0.39, 0.29) is 5.97 Å². The van der Waals surface area contributed by atoms with E-state index in [4.69, 9.17) is 10.5 Å². The van der Waals surface area contributed by atoms with Crippen LogP contribution in [0, 0.1) is 0 Å². The summed E-state index contributed by atoms with van der Waals surface area (Å²) in [6.45, 7) is 4.20. The molecule has 0 bridgehead atoms. The number of anilines is 3. The van der Waals surface area contributed by atoms with Gasteiger partial charge in [0.2, 0.25) is 0 Å². The number of nitrogens with one attached hydrogen (secondary N) is 1. The van der Waals surface area contributed by atoms with Crippen LogP contribution in [-0.2, 0) is 11.2 Å². The maximum Gasteiger partial charge on any atom is 0.340 e. The highest BCUT2D eigenvalue weighted by Gasteiger charge is 2.15. The first-order valence-corrected chi connectivity index (χ1v) is 7.07. The second-order valence-electron chi connectivity index (χ2n) is 4.63. The number of hydrogen-bond acceptors (Lipinski definition) is 4. The molecule has 0 atom stereocenters. The van der Waals surface area contributed by atoms with Crippen LogP contribution in [0.1, 0.15) is 29.8 Å². The number of hydrogen-bond donors (Lipinski definition) is 2. The third kappa shape index (κ3) is 3.34. The third-order valence-corrected chi connectivity index (χ3v) is 3.25. The monoisotopic (exact) mass is 284 g/mol. The SMILES string of the molecule is CCOC(=O)c1cccc(N)c1Nc1ccccc1CC. The topological polar surface area (TPSA) is 64.3 Å². The molecule has 0 radical (unpaired) electrons. The number of benzene rings is 2. The Labute approximate surface area is 124 Å². The summed E-state index contributed by atoms with van der Waals surface area (Å²) in [5.74, 6) is -0.374. The number of rotatable bonds is 5. The van der Waals surface area contributed by atoms with Gasteiger partial charge in [0.05, 0.1) is 23.5 Å². The number of para-hydroxylation sites is 2. The average molecular weight is 284 g/mol. The largest absolute Gasteiger partial charge is 0.462 e. The molecule has 0 amide bonds. The van der Waals surface area contributed by atoms with Gasteiger partial charge in [0.15, 0.2) is 0 Å². The van der Waals surface area contributed by atoms with Gasteiger partial charge in [0, 0.05) is 5.69 Å². The van der Waals surface area contributed by atoms with Crippen molar-refractivity contribution in [2.45, 2.75) is 20.3 Å². The van der Waals surface area contributed by atoms with Gasteiger partial charge in [-0.2, -0.15) is 0 Å². The summed E-state index contributed by atoms with van der Waals surface area (Å²) in [5.41, 5.74) is 9.70. The minimum absolute atomic E-state index is 0.332. The molecule has 0 unspecified atom stereocenters. The summed E-state index contributed by atoms with van der Waals surface area (Å²) in [6.07, 6.45) is 0.894. The van der Waals surface area contributed by atoms with Crippen molar-refractivity contribution in [2.24, 2.45) is 0 Å². The predicted molar refractivity (Wildman–Crippen MR) is 85.9 cm³/mol. The van der Waals surface area contributed by atoms with Crippen molar-refractivity contribution in [1.29, 1.82) is 0 Å². The molecule has 0 spiro atoms. The highest BCUT2D eigenvalue weighted by molar-refractivity contribution is 6.00. The van der Waals surface area contributed by atoms with Gasteiger partial charge < -0.3 is 15.8 Å². The lowest BCUT2D eigenvalue weighted by atomic mass is 10.1. The Hall–Kier alpha value is -2.49. The molecule has 0 aliphatic heterocycles. The Balaban J connectivity index is 2.41. The standard InChI is InChI=1S/C17H20N2O2/c1-3-12-8-5-6-11-15(12)19-16-13(17(20)21-4-2)9-7-10-14(16)18/h5-11,19H,3-4,18H2,1-2H3. The molecule has 0 saturated heterocycles. The fraction of sp³-hybridized carbons (Fsp3) is 0.235. The summed E-state index contributed by atoms with van der Waals surface area (Å²) in [4.78, 5) is 12.0. The zero-order valence-electron chi connectivity index (χ0n) is 12.3. The molecule has 2 rings (SSSR count). The molecule has 0 aromatic heterocycles. The van der Waals surface area contributed by atoms with Crippen molar-refractivity contribution >= 4 is 23.0 Å². The molecule has 21 heavy (non-hydrogen) atoms. The van der Waals surface area contributed by atoms with Crippen LogP contribution in [0.3, 0.4) is 0 Å². The van der Waals surface area contributed by atoms with Crippen molar-refractivity contribution in [1.82, 2.24) is 0 Å². The fourth-order valence-corrected chi connectivity index (χ4v) is 2.17. The zero-order valence-corrected chi connectivity index (χ0v) is 12.3. The molecule has 110 valence electrons. The summed E-state index contributed by atoms with van der Waals surface area (Å²) in [6, 6.07) is 13.2. The maximum atomic E-state index is 12.0. The van der Waals surface area contributed by atoms with E-state index < -0.39 is 0 Å². The van der Waals surface area contributed by atoms with Crippen LogP contribution in [0.15, 0.2) is 42.5 Å². The van der Waals surface area contributed by atoms with E-state index in [2.05, 4.69) is 12.2 Å². The smallest absolute Gasteiger partial charge is 0.340 e. The fourth-order valence-electron chi connectivity index (χ4n) is 2.17. The average Bonchev–Trinajstić information content (AvgIpc) is 2.50. The zero-order chi connectivity index (χ0) is 15.2. The summed E-state index contributed by atoms with van der Waals surface area (Å²) in [7, 11) is 0. The van der Waals surface area contributed by atoms with E-state index in [1.807, 2.05) is 24.3 Å². The minimum atomic E-state index is -0.374. The first-order chi connectivity index (χ1) is 10.2. The molecule has 0 aliphatic carbocycles. The van der Waals surface area contributed by atoms with Gasteiger partial charge in [-0.15, -0.1) is 0 Å². The van der Waals surface area contributed by atoms with Crippen molar-refractivity contribution < 1.29 is 9.53 Å². The first kappa shape index (κ1) is 14.9. The molecular weight excluding hydrogens is 264 g/mol. The number of carbonyl (C=O) groups excluding carboxylic acids is 1. The highest BCUT2D eigenvalue weighted by Crippen LogP contribution is 2.29. The molecule has 2 aromatic rings. The van der Waals surface area contributed by atoms with Gasteiger partial charge >= 0.3 is 5.97 Å². The van der Waals surface area contributed by atoms with Gasteiger partial charge in [-0.3, -0.25) is 0 Å². The van der Waals surface area contributed by atoms with E-state index in [1.165, 1.54) is 0 Å². The lowest BCUT2D eigenvalue weighted by Crippen LogP contribution is -2.10. The van der Waals surface area contributed by atoms with Crippen LogP contribution in [0.25, 0.3) is 0 Å². The van der Waals surface area contributed by atoms with Crippen LogP contribution in [0.5, 0.6) is 0 Å². The van der Waals surface area contributed by atoms with Crippen LogP contribution in [0.4, 0.5) is 17.1 Å². The normalized spacial score (nSPS) is 10.2. The van der Waals surface area contributed by atoms with E-state index in [0.717, 1.165) is 17.7 Å². The Morgan fingerprint density at radius 1 is 1.14 bits per heavy atom. The Morgan fingerprint density at radius 2 is 1.90 bits per heavy atom. The molecule has 0 saturated carbocycles. The van der Waals surface area contributed by atoms with Gasteiger partial charge in [-0.05, 0) is 37.1 Å². The second kappa shape index (κ2) is 6.79. The second-order valence-corrected chi connectivity index (χ2v) is 4.63. The van der Waals surface area contributed by atoms with E-state index in [0.29, 0.717) is 23.5 Å². The molecule has 0 aliphatic rings. The van der Waals surface area contributed by atoms with Gasteiger partial charge in [0.1, 0.15) is 0 Å². The molecule has 0 fully saturated rings. The Morgan fingerprint density at radius 3 is 2.62 bits per heavy atom.